The molecular weight excluding hydrogens is 439 g/mol. The highest BCUT2D eigenvalue weighted by atomic mass is 32.2. The third-order valence-electron chi connectivity index (χ3n) is 5.51. The molecule has 1 aliphatic rings. The molecule has 0 bridgehead atoms. The topological polar surface area (TPSA) is 64.2 Å². The Morgan fingerprint density at radius 3 is 2.55 bits per heavy atom. The second-order valence-electron chi connectivity index (χ2n) is 7.99. The molecule has 0 saturated heterocycles. The van der Waals surface area contributed by atoms with Crippen molar-refractivity contribution in [3.63, 3.8) is 0 Å². The summed E-state index contributed by atoms with van der Waals surface area (Å²) in [5, 5.41) is 9.22. The molecule has 1 fully saturated rings. The van der Waals surface area contributed by atoms with E-state index in [1.54, 1.807) is 29.4 Å². The minimum absolute atomic E-state index is 0.0296. The number of halogens is 1. The van der Waals surface area contributed by atoms with Gasteiger partial charge in [0.2, 0.25) is 5.91 Å². The molecule has 0 radical (unpaired) electrons. The highest BCUT2D eigenvalue weighted by molar-refractivity contribution is 7.99. The minimum Gasteiger partial charge on any atom is -0.467 e. The van der Waals surface area contributed by atoms with Gasteiger partial charge in [-0.2, -0.15) is 0 Å². The lowest BCUT2D eigenvalue weighted by atomic mass is 10.2. The van der Waals surface area contributed by atoms with E-state index in [0.717, 1.165) is 24.2 Å². The van der Waals surface area contributed by atoms with Crippen molar-refractivity contribution in [2.45, 2.75) is 37.1 Å². The number of nitrogens with zero attached hydrogens (tertiary/aromatic N) is 4. The Hall–Kier alpha value is -3.39. The van der Waals surface area contributed by atoms with Crippen molar-refractivity contribution in [3.8, 4) is 11.4 Å². The number of hydrogen-bond donors (Lipinski definition) is 0. The van der Waals surface area contributed by atoms with E-state index < -0.39 is 0 Å². The van der Waals surface area contributed by atoms with Gasteiger partial charge in [-0.25, -0.2) is 4.39 Å². The second-order valence-corrected chi connectivity index (χ2v) is 8.93. The SMILES string of the molecule is O=C(CSc1nnc(-c2ccccc2F)n1C1CC1)N(Cc1ccccc1)Cc1ccco1. The Kier molecular flexibility index (Phi) is 6.26. The molecule has 8 heteroatoms. The molecule has 1 aliphatic carbocycles. The minimum atomic E-state index is -0.327. The molecule has 0 N–H and O–H groups in total. The van der Waals surface area contributed by atoms with Crippen LogP contribution in [0, 0.1) is 5.82 Å². The zero-order valence-electron chi connectivity index (χ0n) is 17.9. The van der Waals surface area contributed by atoms with Gasteiger partial charge in [-0.05, 0) is 42.7 Å². The maximum absolute atomic E-state index is 14.4. The number of rotatable bonds is 9. The van der Waals surface area contributed by atoms with Crippen molar-refractivity contribution in [2.24, 2.45) is 0 Å². The number of furan rings is 1. The highest BCUT2D eigenvalue weighted by Gasteiger charge is 2.31. The quantitative estimate of drug-likeness (QED) is 0.315. The lowest BCUT2D eigenvalue weighted by Gasteiger charge is -2.22. The maximum atomic E-state index is 14.4. The lowest BCUT2D eigenvalue weighted by molar-refractivity contribution is -0.129. The third kappa shape index (κ3) is 5.01. The van der Waals surface area contributed by atoms with Crippen LogP contribution in [0.15, 0.2) is 82.6 Å². The van der Waals surface area contributed by atoms with E-state index in [1.165, 1.54) is 17.8 Å². The number of benzene rings is 2. The largest absolute Gasteiger partial charge is 0.467 e. The summed E-state index contributed by atoms with van der Waals surface area (Å²) in [5.74, 6) is 1.09. The molecule has 6 nitrogen and oxygen atoms in total. The average Bonchev–Trinajstić information content (AvgIpc) is 3.37. The molecule has 0 unspecified atom stereocenters. The number of thioether (sulfide) groups is 1. The molecule has 0 spiro atoms. The van der Waals surface area contributed by atoms with Crippen LogP contribution in [0.5, 0.6) is 0 Å². The Balaban J connectivity index is 1.34. The monoisotopic (exact) mass is 462 g/mol. The third-order valence-corrected chi connectivity index (χ3v) is 6.44. The van der Waals surface area contributed by atoms with Crippen LogP contribution in [-0.4, -0.2) is 31.3 Å². The predicted molar refractivity (Wildman–Crippen MR) is 124 cm³/mol. The standard InChI is InChI=1S/C25H23FN4O2S/c26-22-11-5-4-10-21(22)24-27-28-25(30(24)19-12-13-19)33-17-23(31)29(16-20-9-6-14-32-20)15-18-7-2-1-3-8-18/h1-11,14,19H,12-13,15-17H2. The summed E-state index contributed by atoms with van der Waals surface area (Å²) in [7, 11) is 0. The molecule has 0 atom stereocenters. The maximum Gasteiger partial charge on any atom is 0.233 e. The van der Waals surface area contributed by atoms with Crippen molar-refractivity contribution in [1.82, 2.24) is 19.7 Å². The van der Waals surface area contributed by atoms with Crippen LogP contribution in [0.2, 0.25) is 0 Å². The van der Waals surface area contributed by atoms with Crippen molar-refractivity contribution in [2.75, 3.05) is 5.75 Å². The zero-order valence-corrected chi connectivity index (χ0v) is 18.7. The summed E-state index contributed by atoms with van der Waals surface area (Å²) in [4.78, 5) is 15.0. The van der Waals surface area contributed by atoms with Crippen molar-refractivity contribution in [1.29, 1.82) is 0 Å². The molecule has 2 aromatic carbocycles. The van der Waals surface area contributed by atoms with E-state index in [9.17, 15) is 9.18 Å². The van der Waals surface area contributed by atoms with Crippen LogP contribution >= 0.6 is 11.8 Å². The number of carbonyl (C=O) groups is 1. The molecule has 1 saturated carbocycles. The molecule has 0 aliphatic heterocycles. The first-order valence-corrected chi connectivity index (χ1v) is 11.8. The van der Waals surface area contributed by atoms with Gasteiger partial charge in [0.15, 0.2) is 11.0 Å². The number of hydrogen-bond acceptors (Lipinski definition) is 5. The Morgan fingerprint density at radius 1 is 1.03 bits per heavy atom. The van der Waals surface area contributed by atoms with Crippen molar-refractivity contribution < 1.29 is 13.6 Å². The van der Waals surface area contributed by atoms with E-state index in [0.29, 0.717) is 29.6 Å². The summed E-state index contributed by atoms with van der Waals surface area (Å²) in [5.41, 5.74) is 1.48. The number of aromatic nitrogens is 3. The second kappa shape index (κ2) is 9.62. The molecule has 1 amide bonds. The summed E-state index contributed by atoms with van der Waals surface area (Å²) < 4.78 is 21.8. The van der Waals surface area contributed by atoms with Crippen molar-refractivity contribution >= 4 is 17.7 Å². The van der Waals surface area contributed by atoms with Crippen LogP contribution in [-0.2, 0) is 17.9 Å². The van der Waals surface area contributed by atoms with E-state index in [1.807, 2.05) is 47.0 Å². The molecule has 5 rings (SSSR count). The first-order valence-electron chi connectivity index (χ1n) is 10.9. The first-order chi connectivity index (χ1) is 16.2. The predicted octanol–water partition coefficient (Wildman–Crippen LogP) is 5.33. The van der Waals surface area contributed by atoms with Gasteiger partial charge in [0.25, 0.3) is 0 Å². The Labute approximate surface area is 195 Å². The summed E-state index contributed by atoms with van der Waals surface area (Å²) in [6, 6.07) is 20.4. The first kappa shape index (κ1) is 21.5. The Bertz CT molecular complexity index is 1220. The number of carbonyl (C=O) groups excluding carboxylic acids is 1. The van der Waals surface area contributed by atoms with Gasteiger partial charge in [-0.15, -0.1) is 10.2 Å². The summed E-state index contributed by atoms with van der Waals surface area (Å²) >= 11 is 1.34. The molecule has 33 heavy (non-hydrogen) atoms. The van der Waals surface area contributed by atoms with E-state index >= 15 is 0 Å². The van der Waals surface area contributed by atoms with Gasteiger partial charge in [0, 0.05) is 12.6 Å². The van der Waals surface area contributed by atoms with Crippen molar-refractivity contribution in [3.05, 3.63) is 90.1 Å². The van der Waals surface area contributed by atoms with Crippen LogP contribution in [0.1, 0.15) is 30.2 Å². The fraction of sp³-hybridized carbons (Fsp3) is 0.240. The number of amides is 1. The van der Waals surface area contributed by atoms with Gasteiger partial charge in [-0.1, -0.05) is 54.2 Å². The smallest absolute Gasteiger partial charge is 0.233 e. The van der Waals surface area contributed by atoms with Crippen LogP contribution < -0.4 is 0 Å². The van der Waals surface area contributed by atoms with Gasteiger partial charge >= 0.3 is 0 Å². The molecule has 2 heterocycles. The fourth-order valence-corrected chi connectivity index (χ4v) is 4.62. The molecule has 4 aromatic rings. The summed E-state index contributed by atoms with van der Waals surface area (Å²) in [6.07, 6.45) is 3.61. The van der Waals surface area contributed by atoms with E-state index in [4.69, 9.17) is 4.42 Å². The van der Waals surface area contributed by atoms with Gasteiger partial charge in [0.05, 0.1) is 24.1 Å². The average molecular weight is 463 g/mol. The van der Waals surface area contributed by atoms with Gasteiger partial charge in [0.1, 0.15) is 11.6 Å². The molecular formula is C25H23FN4O2S. The van der Waals surface area contributed by atoms with Gasteiger partial charge < -0.3 is 9.32 Å². The Morgan fingerprint density at radius 2 is 1.82 bits per heavy atom. The van der Waals surface area contributed by atoms with Crippen LogP contribution in [0.4, 0.5) is 4.39 Å². The van der Waals surface area contributed by atoms with E-state index in [-0.39, 0.29) is 23.5 Å². The molecule has 2 aromatic heterocycles. The van der Waals surface area contributed by atoms with Crippen LogP contribution in [0.3, 0.4) is 0 Å². The zero-order chi connectivity index (χ0) is 22.6. The highest BCUT2D eigenvalue weighted by Crippen LogP contribution is 2.41. The van der Waals surface area contributed by atoms with Crippen LogP contribution in [0.25, 0.3) is 11.4 Å². The lowest BCUT2D eigenvalue weighted by Crippen LogP contribution is -2.31. The fourth-order valence-electron chi connectivity index (χ4n) is 3.71. The summed E-state index contributed by atoms with van der Waals surface area (Å²) in [6.45, 7) is 0.869. The van der Waals surface area contributed by atoms with Gasteiger partial charge in [-0.3, -0.25) is 9.36 Å². The molecule has 168 valence electrons. The normalized spacial score (nSPS) is 13.2. The van der Waals surface area contributed by atoms with E-state index in [2.05, 4.69) is 10.2 Å².